The van der Waals surface area contributed by atoms with Gasteiger partial charge >= 0.3 is 0 Å². The quantitative estimate of drug-likeness (QED) is 0.152. The molecule has 10 aromatic carbocycles. The fourth-order valence-corrected chi connectivity index (χ4v) is 9.49. The number of fused-ring (bicyclic) bond motifs is 6. The maximum atomic E-state index is 2.44. The van der Waals surface area contributed by atoms with Crippen molar-refractivity contribution in [2.45, 2.75) is 0 Å². The lowest BCUT2D eigenvalue weighted by atomic mass is 9.99. The maximum absolute atomic E-state index is 2.44. The van der Waals surface area contributed by atoms with E-state index < -0.39 is 0 Å². The number of benzene rings is 10. The van der Waals surface area contributed by atoms with Gasteiger partial charge in [-0.3, -0.25) is 0 Å². The monoisotopic (exact) mass is 788 g/mol. The molecule has 2 heteroatoms. The lowest BCUT2D eigenvalue weighted by Crippen LogP contribution is -1.95. The number of aromatic nitrogens is 2. The fourth-order valence-electron chi connectivity index (χ4n) is 9.49. The molecular formula is C60H40N2. The third kappa shape index (κ3) is 6.12. The lowest BCUT2D eigenvalue weighted by Gasteiger charge is -2.12. The molecule has 0 atom stereocenters. The molecule has 2 heterocycles. The third-order valence-electron chi connectivity index (χ3n) is 12.5. The van der Waals surface area contributed by atoms with Crippen molar-refractivity contribution in [1.82, 2.24) is 9.13 Å². The van der Waals surface area contributed by atoms with Crippen LogP contribution < -0.4 is 0 Å². The normalized spacial score (nSPS) is 11.5. The van der Waals surface area contributed by atoms with E-state index in [4.69, 9.17) is 0 Å². The fraction of sp³-hybridized carbons (Fsp3) is 0. The summed E-state index contributed by atoms with van der Waals surface area (Å²) in [5.74, 6) is 0. The van der Waals surface area contributed by atoms with Gasteiger partial charge in [0.1, 0.15) is 0 Å². The number of hydrogen-bond acceptors (Lipinski definition) is 0. The number of hydrogen-bond donors (Lipinski definition) is 0. The first kappa shape index (κ1) is 35.7. The minimum atomic E-state index is 1.14. The van der Waals surface area contributed by atoms with E-state index in [9.17, 15) is 0 Å². The molecule has 0 bridgehead atoms. The van der Waals surface area contributed by atoms with Crippen molar-refractivity contribution in [3.8, 4) is 67.0 Å². The van der Waals surface area contributed by atoms with Gasteiger partial charge in [-0.15, -0.1) is 0 Å². The molecule has 62 heavy (non-hydrogen) atoms. The Kier molecular flexibility index (Phi) is 8.53. The van der Waals surface area contributed by atoms with E-state index in [2.05, 4.69) is 252 Å². The Morgan fingerprint density at radius 2 is 0.484 bits per heavy atom. The number of nitrogens with zero attached hydrogens (tertiary/aromatic N) is 2. The highest BCUT2D eigenvalue weighted by molar-refractivity contribution is 6.14. The summed E-state index contributed by atoms with van der Waals surface area (Å²) in [5.41, 5.74) is 19.1. The van der Waals surface area contributed by atoms with Gasteiger partial charge in [-0.1, -0.05) is 176 Å². The Hall–Kier alpha value is -8.20. The van der Waals surface area contributed by atoms with Crippen LogP contribution in [0.15, 0.2) is 243 Å². The van der Waals surface area contributed by atoms with Crippen LogP contribution in [0, 0.1) is 0 Å². The molecule has 0 spiro atoms. The second-order valence-corrected chi connectivity index (χ2v) is 16.2. The molecule has 0 fully saturated rings. The van der Waals surface area contributed by atoms with Crippen molar-refractivity contribution < 1.29 is 0 Å². The van der Waals surface area contributed by atoms with Crippen LogP contribution in [-0.4, -0.2) is 9.13 Å². The first-order chi connectivity index (χ1) is 30.7. The van der Waals surface area contributed by atoms with E-state index in [-0.39, 0.29) is 0 Å². The zero-order valence-electron chi connectivity index (χ0n) is 34.0. The van der Waals surface area contributed by atoms with Gasteiger partial charge in [-0.05, 0) is 122 Å². The summed E-state index contributed by atoms with van der Waals surface area (Å²) in [6.07, 6.45) is 0. The van der Waals surface area contributed by atoms with Crippen molar-refractivity contribution >= 4 is 43.6 Å². The smallest absolute Gasteiger partial charge is 0.0547 e. The molecule has 0 aliphatic carbocycles. The molecule has 0 aliphatic heterocycles. The maximum Gasteiger partial charge on any atom is 0.0547 e. The Balaban J connectivity index is 1.05. The van der Waals surface area contributed by atoms with Crippen LogP contribution in [0.3, 0.4) is 0 Å². The molecule has 0 N–H and O–H groups in total. The molecule has 0 amide bonds. The van der Waals surface area contributed by atoms with Crippen molar-refractivity contribution in [2.24, 2.45) is 0 Å². The molecule has 2 aromatic heterocycles. The van der Waals surface area contributed by atoms with Crippen LogP contribution in [0.25, 0.3) is 111 Å². The topological polar surface area (TPSA) is 9.86 Å². The van der Waals surface area contributed by atoms with E-state index in [1.165, 1.54) is 99.2 Å². The van der Waals surface area contributed by atoms with E-state index in [0.717, 1.165) is 11.4 Å². The highest BCUT2D eigenvalue weighted by Gasteiger charge is 2.18. The predicted octanol–water partition coefficient (Wildman–Crippen LogP) is 16.2. The molecule has 0 saturated heterocycles. The van der Waals surface area contributed by atoms with Crippen LogP contribution >= 0.6 is 0 Å². The van der Waals surface area contributed by atoms with Gasteiger partial charge in [-0.25, -0.2) is 0 Å². The summed E-state index contributed by atoms with van der Waals surface area (Å²) >= 11 is 0. The highest BCUT2D eigenvalue weighted by Crippen LogP contribution is 2.41. The van der Waals surface area contributed by atoms with Gasteiger partial charge in [0.25, 0.3) is 0 Å². The van der Waals surface area contributed by atoms with Crippen LogP contribution in [-0.2, 0) is 0 Å². The minimum absolute atomic E-state index is 1.14. The summed E-state index contributed by atoms with van der Waals surface area (Å²) in [6.45, 7) is 0. The molecular weight excluding hydrogens is 749 g/mol. The second kappa shape index (κ2) is 14.8. The van der Waals surface area contributed by atoms with Crippen LogP contribution in [0.2, 0.25) is 0 Å². The van der Waals surface area contributed by atoms with Crippen molar-refractivity contribution in [3.05, 3.63) is 243 Å². The lowest BCUT2D eigenvalue weighted by molar-refractivity contribution is 1.18. The molecule has 12 rings (SSSR count). The van der Waals surface area contributed by atoms with E-state index in [1.54, 1.807) is 0 Å². The summed E-state index contributed by atoms with van der Waals surface area (Å²) in [4.78, 5) is 0. The van der Waals surface area contributed by atoms with Crippen molar-refractivity contribution in [2.75, 3.05) is 0 Å². The summed E-state index contributed by atoms with van der Waals surface area (Å²) in [7, 11) is 0. The molecule has 0 radical (unpaired) electrons. The summed E-state index contributed by atoms with van der Waals surface area (Å²) in [5, 5.41) is 4.93. The van der Waals surface area contributed by atoms with E-state index in [1.807, 2.05) is 0 Å². The third-order valence-corrected chi connectivity index (χ3v) is 12.5. The van der Waals surface area contributed by atoms with Crippen LogP contribution in [0.4, 0.5) is 0 Å². The van der Waals surface area contributed by atoms with Gasteiger partial charge in [0, 0.05) is 32.9 Å². The van der Waals surface area contributed by atoms with Crippen LogP contribution in [0.1, 0.15) is 0 Å². The Bertz CT molecular complexity index is 3600. The summed E-state index contributed by atoms with van der Waals surface area (Å²) < 4.78 is 4.87. The molecule has 0 aliphatic rings. The average Bonchev–Trinajstić information content (AvgIpc) is 3.86. The standard InChI is InChI=1S/C60H40N2/c1-5-15-41(16-6-1)45-23-13-25-51(35-45)61-58-32-28-47(43-19-9-3-10-20-43)37-55(58)56-39-49(30-34-59(56)61)48-29-33-57-54(38-48)53-31-27-50(44-21-11-4-12-22-44)40-60(53)62(57)52-26-14-24-46(36-52)42-17-7-2-8-18-42/h1-40H. The van der Waals surface area contributed by atoms with Crippen molar-refractivity contribution in [1.29, 1.82) is 0 Å². The molecule has 2 nitrogen and oxygen atoms in total. The van der Waals surface area contributed by atoms with Crippen LogP contribution in [0.5, 0.6) is 0 Å². The molecule has 12 aromatic rings. The molecule has 0 unspecified atom stereocenters. The Labute approximate surface area is 360 Å². The highest BCUT2D eigenvalue weighted by atomic mass is 15.0. The second-order valence-electron chi connectivity index (χ2n) is 16.2. The van der Waals surface area contributed by atoms with Gasteiger partial charge in [0.15, 0.2) is 0 Å². The average molecular weight is 789 g/mol. The van der Waals surface area contributed by atoms with Gasteiger partial charge < -0.3 is 9.13 Å². The SMILES string of the molecule is c1ccc(-c2cccc(-n3c4ccc(-c5ccccc5)cc4c4cc(-c5ccc6c(c5)c5ccc(-c7ccccc7)cc5n6-c5cccc(-c6ccccc6)c5)ccc43)c2)cc1. The van der Waals surface area contributed by atoms with E-state index >= 15 is 0 Å². The number of rotatable bonds is 7. The molecule has 0 saturated carbocycles. The summed E-state index contributed by atoms with van der Waals surface area (Å²) in [6, 6.07) is 88.5. The molecule has 290 valence electrons. The zero-order valence-corrected chi connectivity index (χ0v) is 34.0. The zero-order chi connectivity index (χ0) is 41.0. The van der Waals surface area contributed by atoms with Crippen molar-refractivity contribution in [3.63, 3.8) is 0 Å². The van der Waals surface area contributed by atoms with Gasteiger partial charge in [-0.2, -0.15) is 0 Å². The van der Waals surface area contributed by atoms with E-state index in [0.29, 0.717) is 0 Å². The first-order valence-electron chi connectivity index (χ1n) is 21.3. The Morgan fingerprint density at radius 3 is 0.903 bits per heavy atom. The predicted molar refractivity (Wildman–Crippen MR) is 262 cm³/mol. The largest absolute Gasteiger partial charge is 0.309 e. The van der Waals surface area contributed by atoms with Gasteiger partial charge in [0.05, 0.1) is 22.1 Å². The first-order valence-corrected chi connectivity index (χ1v) is 21.3. The minimum Gasteiger partial charge on any atom is -0.309 e. The Morgan fingerprint density at radius 1 is 0.177 bits per heavy atom. The van der Waals surface area contributed by atoms with Gasteiger partial charge in [0.2, 0.25) is 0 Å².